The van der Waals surface area contributed by atoms with Crippen molar-refractivity contribution in [2.24, 2.45) is 0 Å². The second-order valence-electron chi connectivity index (χ2n) is 7.92. The number of pyridine rings is 1. The molecule has 0 saturated carbocycles. The minimum absolute atomic E-state index is 0.0119. The lowest BCUT2D eigenvalue weighted by Gasteiger charge is -2.44. The molecule has 0 spiro atoms. The maximum absolute atomic E-state index is 13.3. The van der Waals surface area contributed by atoms with E-state index in [2.05, 4.69) is 4.98 Å². The van der Waals surface area contributed by atoms with Crippen LogP contribution in [0.15, 0.2) is 35.4 Å². The van der Waals surface area contributed by atoms with Crippen molar-refractivity contribution in [2.75, 3.05) is 19.6 Å². The molecule has 0 bridgehead atoms. The Kier molecular flexibility index (Phi) is 4.52. The third-order valence-electron chi connectivity index (χ3n) is 5.87. The van der Waals surface area contributed by atoms with Gasteiger partial charge in [-0.25, -0.2) is 8.42 Å². The Balaban J connectivity index is 1.72. The molecule has 1 fully saturated rings. The number of aromatic nitrogens is 1. The zero-order valence-electron chi connectivity index (χ0n) is 16.6. The number of nitrogens with zero attached hydrogens (tertiary/aromatic N) is 3. The van der Waals surface area contributed by atoms with Gasteiger partial charge < -0.3 is 4.90 Å². The highest BCUT2D eigenvalue weighted by Gasteiger charge is 2.51. The molecule has 2 aromatic rings. The number of carbonyl (C=O) groups excluding carboxylic acids is 1. The first-order valence-corrected chi connectivity index (χ1v) is 10.8. The molecule has 0 radical (unpaired) electrons. The van der Waals surface area contributed by atoms with Crippen molar-refractivity contribution in [1.29, 1.82) is 0 Å². The molecule has 1 aromatic carbocycles. The van der Waals surface area contributed by atoms with Crippen molar-refractivity contribution in [3.63, 3.8) is 0 Å². The van der Waals surface area contributed by atoms with Gasteiger partial charge in [0.1, 0.15) is 0 Å². The first-order valence-electron chi connectivity index (χ1n) is 9.33. The Morgan fingerprint density at radius 2 is 1.83 bits per heavy atom. The summed E-state index contributed by atoms with van der Waals surface area (Å²) in [6.45, 7) is 5.20. The van der Waals surface area contributed by atoms with Gasteiger partial charge in [0, 0.05) is 31.5 Å². The topological polar surface area (TPSA) is 70.6 Å². The minimum Gasteiger partial charge on any atom is -0.326 e. The molecule has 1 amide bonds. The maximum atomic E-state index is 13.3. The van der Waals surface area contributed by atoms with E-state index in [-0.39, 0.29) is 36.0 Å². The Morgan fingerprint density at radius 3 is 2.47 bits per heavy atom. The SMILES string of the molecule is Cc1cc2c(cn1)C(=O)N1CCN(S(=O)(=O)c3ccc(C(F)(F)F)cc3C)CC21C. The number of amides is 1. The van der Waals surface area contributed by atoms with E-state index in [1.807, 2.05) is 0 Å². The van der Waals surface area contributed by atoms with Gasteiger partial charge in [-0.3, -0.25) is 9.78 Å². The van der Waals surface area contributed by atoms with Crippen molar-refractivity contribution in [3.8, 4) is 0 Å². The van der Waals surface area contributed by atoms with Gasteiger partial charge >= 0.3 is 6.18 Å². The Hall–Kier alpha value is -2.46. The van der Waals surface area contributed by atoms with Gasteiger partial charge in [-0.1, -0.05) is 0 Å². The molecule has 10 heteroatoms. The van der Waals surface area contributed by atoms with Crippen LogP contribution in [0, 0.1) is 13.8 Å². The highest BCUT2D eigenvalue weighted by Crippen LogP contribution is 2.43. The molecule has 30 heavy (non-hydrogen) atoms. The van der Waals surface area contributed by atoms with Crippen LogP contribution in [-0.2, 0) is 21.7 Å². The number of piperazine rings is 1. The summed E-state index contributed by atoms with van der Waals surface area (Å²) in [5.74, 6) is -0.192. The van der Waals surface area contributed by atoms with Crippen LogP contribution >= 0.6 is 0 Å². The summed E-state index contributed by atoms with van der Waals surface area (Å²) in [6.07, 6.45) is -3.04. The molecule has 1 aromatic heterocycles. The molecule has 2 aliphatic rings. The van der Waals surface area contributed by atoms with Gasteiger partial charge in [-0.15, -0.1) is 0 Å². The number of rotatable bonds is 2. The fraction of sp³-hybridized carbons (Fsp3) is 0.400. The molecule has 0 aliphatic carbocycles. The first kappa shape index (κ1) is 20.8. The van der Waals surface area contributed by atoms with E-state index in [0.29, 0.717) is 16.8 Å². The predicted octanol–water partition coefficient (Wildman–Crippen LogP) is 3.09. The number of carbonyl (C=O) groups is 1. The van der Waals surface area contributed by atoms with Gasteiger partial charge in [0.25, 0.3) is 5.91 Å². The number of aryl methyl sites for hydroxylation is 2. The Morgan fingerprint density at radius 1 is 1.13 bits per heavy atom. The standard InChI is InChI=1S/C20H20F3N3O3S/c1-12-8-14(20(21,22)23)4-5-17(12)30(28,29)25-6-7-26-18(27)15-10-24-13(2)9-16(15)19(26,3)11-25/h4-5,8-10H,6-7,11H2,1-3H3. The van der Waals surface area contributed by atoms with Crippen LogP contribution in [0.5, 0.6) is 0 Å². The quantitative estimate of drug-likeness (QED) is 0.721. The first-order chi connectivity index (χ1) is 13.9. The number of benzene rings is 1. The Labute approximate surface area is 172 Å². The Bertz CT molecular complexity index is 1160. The molecular weight excluding hydrogens is 419 g/mol. The van der Waals surface area contributed by atoms with E-state index in [0.717, 1.165) is 18.2 Å². The lowest BCUT2D eigenvalue weighted by atomic mass is 9.90. The smallest absolute Gasteiger partial charge is 0.326 e. The average Bonchev–Trinajstić information content (AvgIpc) is 2.87. The van der Waals surface area contributed by atoms with E-state index in [1.54, 1.807) is 24.8 Å². The monoisotopic (exact) mass is 439 g/mol. The second kappa shape index (κ2) is 6.52. The summed E-state index contributed by atoms with van der Waals surface area (Å²) in [6, 6.07) is 4.41. The largest absolute Gasteiger partial charge is 0.416 e. The summed E-state index contributed by atoms with van der Waals surface area (Å²) in [4.78, 5) is 18.4. The van der Waals surface area contributed by atoms with Crippen molar-refractivity contribution >= 4 is 15.9 Å². The van der Waals surface area contributed by atoms with Crippen molar-refractivity contribution in [3.05, 3.63) is 58.4 Å². The van der Waals surface area contributed by atoms with Crippen molar-refractivity contribution < 1.29 is 26.4 Å². The second-order valence-corrected chi connectivity index (χ2v) is 9.82. The summed E-state index contributed by atoms with van der Waals surface area (Å²) in [7, 11) is -4.05. The molecular formula is C20H20F3N3O3S. The number of fused-ring (bicyclic) bond motifs is 3. The number of sulfonamides is 1. The molecule has 0 N–H and O–H groups in total. The fourth-order valence-corrected chi connectivity index (χ4v) is 6.03. The van der Waals surface area contributed by atoms with Crippen LogP contribution in [0.4, 0.5) is 13.2 Å². The lowest BCUT2D eigenvalue weighted by molar-refractivity contribution is -0.137. The fourth-order valence-electron chi connectivity index (χ4n) is 4.30. The van der Waals surface area contributed by atoms with Crippen molar-refractivity contribution in [2.45, 2.75) is 37.4 Å². The van der Waals surface area contributed by atoms with Crippen LogP contribution in [0.2, 0.25) is 0 Å². The molecule has 2 aliphatic heterocycles. The normalized spacial score (nSPS) is 22.2. The molecule has 1 atom stereocenters. The van der Waals surface area contributed by atoms with E-state index < -0.39 is 27.3 Å². The number of alkyl halides is 3. The third-order valence-corrected chi connectivity index (χ3v) is 7.87. The number of hydrogen-bond acceptors (Lipinski definition) is 4. The highest BCUT2D eigenvalue weighted by molar-refractivity contribution is 7.89. The highest BCUT2D eigenvalue weighted by atomic mass is 32.2. The van der Waals surface area contributed by atoms with Gasteiger partial charge in [-0.2, -0.15) is 17.5 Å². The number of halogens is 3. The predicted molar refractivity (Wildman–Crippen MR) is 102 cm³/mol. The summed E-state index contributed by atoms with van der Waals surface area (Å²) in [5, 5.41) is 0. The van der Waals surface area contributed by atoms with E-state index in [4.69, 9.17) is 0 Å². The van der Waals surface area contributed by atoms with Gasteiger partial charge in [0.05, 0.1) is 21.6 Å². The van der Waals surface area contributed by atoms with Gasteiger partial charge in [0.15, 0.2) is 0 Å². The van der Waals surface area contributed by atoms with Crippen LogP contribution in [0.3, 0.4) is 0 Å². The van der Waals surface area contributed by atoms with Crippen LogP contribution < -0.4 is 0 Å². The van der Waals surface area contributed by atoms with E-state index in [9.17, 15) is 26.4 Å². The molecule has 1 saturated heterocycles. The molecule has 6 nitrogen and oxygen atoms in total. The number of hydrogen-bond donors (Lipinski definition) is 0. The van der Waals surface area contributed by atoms with Gasteiger partial charge in [0.2, 0.25) is 10.0 Å². The molecule has 3 heterocycles. The summed E-state index contributed by atoms with van der Waals surface area (Å²) >= 11 is 0. The van der Waals surface area contributed by atoms with E-state index in [1.165, 1.54) is 17.4 Å². The lowest BCUT2D eigenvalue weighted by Crippen LogP contribution is -2.58. The molecule has 4 rings (SSSR count). The maximum Gasteiger partial charge on any atom is 0.416 e. The third kappa shape index (κ3) is 3.01. The summed E-state index contributed by atoms with van der Waals surface area (Å²) in [5.41, 5.74) is 0.139. The zero-order chi connectivity index (χ0) is 22.1. The van der Waals surface area contributed by atoms with Gasteiger partial charge in [-0.05, 0) is 56.2 Å². The van der Waals surface area contributed by atoms with E-state index >= 15 is 0 Å². The van der Waals surface area contributed by atoms with Crippen LogP contribution in [0.1, 0.15) is 39.7 Å². The molecule has 1 unspecified atom stereocenters. The van der Waals surface area contributed by atoms with Crippen LogP contribution in [-0.4, -0.2) is 48.1 Å². The zero-order valence-corrected chi connectivity index (χ0v) is 17.4. The summed E-state index contributed by atoms with van der Waals surface area (Å²) < 4.78 is 66.7. The minimum atomic E-state index is -4.55. The van der Waals surface area contributed by atoms with Crippen LogP contribution in [0.25, 0.3) is 0 Å². The van der Waals surface area contributed by atoms with Crippen molar-refractivity contribution in [1.82, 2.24) is 14.2 Å². The molecule has 160 valence electrons. The average molecular weight is 439 g/mol.